The monoisotopic (exact) mass is 407 g/mol. The molecule has 0 aliphatic heterocycles. The summed E-state index contributed by atoms with van der Waals surface area (Å²) in [5.74, 6) is -1.83. The van der Waals surface area contributed by atoms with Gasteiger partial charge in [0.25, 0.3) is 0 Å². The highest BCUT2D eigenvalue weighted by Crippen LogP contribution is 2.25. The van der Waals surface area contributed by atoms with Crippen molar-refractivity contribution >= 4 is 52.8 Å². The first kappa shape index (κ1) is 20.5. The molecule has 0 saturated carbocycles. The van der Waals surface area contributed by atoms with E-state index in [-0.39, 0.29) is 16.8 Å². The standard InChI is InChI=1S/C19H15Cl2NO5/c1-26-18(24)11-6-7-13(19(25)27-2)16(10-11)22-17(23)9-8-12-14(20)4-3-5-15(12)21/h3-10H,1-2H3,(H,22,23)/b9-8-. The highest BCUT2D eigenvalue weighted by atomic mass is 35.5. The Bertz CT molecular complexity index is 904. The van der Waals surface area contributed by atoms with Crippen LogP contribution in [0.3, 0.4) is 0 Å². The first-order chi connectivity index (χ1) is 12.9. The number of ether oxygens (including phenoxy) is 2. The van der Waals surface area contributed by atoms with Gasteiger partial charge in [-0.1, -0.05) is 29.3 Å². The average Bonchev–Trinajstić information content (AvgIpc) is 2.66. The molecule has 27 heavy (non-hydrogen) atoms. The molecule has 2 aromatic rings. The summed E-state index contributed by atoms with van der Waals surface area (Å²) in [4.78, 5) is 35.9. The second-order valence-electron chi connectivity index (χ2n) is 5.20. The molecule has 0 unspecified atom stereocenters. The van der Waals surface area contributed by atoms with Crippen LogP contribution in [0.1, 0.15) is 26.3 Å². The van der Waals surface area contributed by atoms with E-state index < -0.39 is 17.8 Å². The number of anilines is 1. The van der Waals surface area contributed by atoms with Crippen molar-refractivity contribution < 1.29 is 23.9 Å². The summed E-state index contributed by atoms with van der Waals surface area (Å²) in [6.45, 7) is 0. The fourth-order valence-corrected chi connectivity index (χ4v) is 2.71. The molecule has 2 aromatic carbocycles. The molecule has 0 bridgehead atoms. The number of rotatable bonds is 5. The molecule has 0 heterocycles. The van der Waals surface area contributed by atoms with E-state index in [9.17, 15) is 14.4 Å². The quantitative estimate of drug-likeness (QED) is 0.592. The number of nitrogens with one attached hydrogen (secondary N) is 1. The van der Waals surface area contributed by atoms with Crippen LogP contribution in [0.2, 0.25) is 10.0 Å². The third-order valence-electron chi connectivity index (χ3n) is 3.50. The minimum Gasteiger partial charge on any atom is -0.465 e. The number of halogens is 2. The van der Waals surface area contributed by atoms with Crippen LogP contribution in [-0.4, -0.2) is 32.1 Å². The second kappa shape index (κ2) is 9.21. The highest BCUT2D eigenvalue weighted by molar-refractivity contribution is 6.37. The lowest BCUT2D eigenvalue weighted by Gasteiger charge is -2.10. The van der Waals surface area contributed by atoms with Crippen molar-refractivity contribution in [2.24, 2.45) is 0 Å². The number of hydrogen-bond acceptors (Lipinski definition) is 5. The van der Waals surface area contributed by atoms with Crippen molar-refractivity contribution in [3.05, 3.63) is 69.2 Å². The minimum absolute atomic E-state index is 0.0858. The summed E-state index contributed by atoms with van der Waals surface area (Å²) in [5, 5.41) is 3.30. The lowest BCUT2D eigenvalue weighted by Crippen LogP contribution is -2.14. The van der Waals surface area contributed by atoms with Crippen LogP contribution in [0.15, 0.2) is 42.5 Å². The van der Waals surface area contributed by atoms with Crippen molar-refractivity contribution in [3.63, 3.8) is 0 Å². The van der Waals surface area contributed by atoms with Crippen LogP contribution in [0.4, 0.5) is 5.69 Å². The molecular formula is C19H15Cl2NO5. The first-order valence-corrected chi connectivity index (χ1v) is 8.36. The van der Waals surface area contributed by atoms with E-state index in [1.54, 1.807) is 18.2 Å². The van der Waals surface area contributed by atoms with Gasteiger partial charge in [0.05, 0.1) is 31.0 Å². The van der Waals surface area contributed by atoms with Crippen molar-refractivity contribution in [1.29, 1.82) is 0 Å². The lowest BCUT2D eigenvalue weighted by molar-refractivity contribution is -0.111. The van der Waals surface area contributed by atoms with E-state index in [0.29, 0.717) is 15.6 Å². The Hall–Kier alpha value is -2.83. The van der Waals surface area contributed by atoms with E-state index in [1.165, 1.54) is 44.6 Å². The normalized spacial score (nSPS) is 10.5. The van der Waals surface area contributed by atoms with E-state index >= 15 is 0 Å². The van der Waals surface area contributed by atoms with Gasteiger partial charge >= 0.3 is 11.9 Å². The molecule has 0 radical (unpaired) electrons. The van der Waals surface area contributed by atoms with Gasteiger partial charge in [0, 0.05) is 21.7 Å². The summed E-state index contributed by atoms with van der Waals surface area (Å²) < 4.78 is 9.33. The van der Waals surface area contributed by atoms with Gasteiger partial charge in [-0.15, -0.1) is 0 Å². The molecule has 0 fully saturated rings. The Morgan fingerprint density at radius 1 is 0.963 bits per heavy atom. The summed E-state index contributed by atoms with van der Waals surface area (Å²) >= 11 is 12.1. The fraction of sp³-hybridized carbons (Fsp3) is 0.105. The Morgan fingerprint density at radius 2 is 1.59 bits per heavy atom. The number of methoxy groups -OCH3 is 2. The summed E-state index contributed by atoms with van der Waals surface area (Å²) in [5.41, 5.74) is 0.832. The van der Waals surface area contributed by atoms with Gasteiger partial charge in [-0.25, -0.2) is 9.59 Å². The third-order valence-corrected chi connectivity index (χ3v) is 4.16. The number of amides is 1. The third kappa shape index (κ3) is 5.09. The number of hydrogen-bond donors (Lipinski definition) is 1. The zero-order valence-electron chi connectivity index (χ0n) is 14.4. The fourth-order valence-electron chi connectivity index (χ4n) is 2.18. The molecule has 6 nitrogen and oxygen atoms in total. The van der Waals surface area contributed by atoms with E-state index in [0.717, 1.165) is 0 Å². The largest absolute Gasteiger partial charge is 0.465 e. The van der Waals surface area contributed by atoms with Crippen molar-refractivity contribution in [2.75, 3.05) is 19.5 Å². The van der Waals surface area contributed by atoms with Gasteiger partial charge in [-0.3, -0.25) is 4.79 Å². The summed E-state index contributed by atoms with van der Waals surface area (Å²) in [7, 11) is 2.44. The zero-order chi connectivity index (χ0) is 20.0. The Morgan fingerprint density at radius 3 is 2.19 bits per heavy atom. The van der Waals surface area contributed by atoms with E-state index in [4.69, 9.17) is 23.2 Å². The van der Waals surface area contributed by atoms with Crippen LogP contribution >= 0.6 is 23.2 Å². The van der Waals surface area contributed by atoms with Crippen LogP contribution < -0.4 is 5.32 Å². The molecule has 140 valence electrons. The maximum absolute atomic E-state index is 12.3. The van der Waals surface area contributed by atoms with Gasteiger partial charge in [-0.2, -0.15) is 0 Å². The number of benzene rings is 2. The summed E-state index contributed by atoms with van der Waals surface area (Å²) in [6, 6.07) is 9.05. The van der Waals surface area contributed by atoms with Gasteiger partial charge in [-0.05, 0) is 36.4 Å². The van der Waals surface area contributed by atoms with E-state index in [1.807, 2.05) is 0 Å². The molecule has 2 rings (SSSR count). The maximum Gasteiger partial charge on any atom is 0.339 e. The highest BCUT2D eigenvalue weighted by Gasteiger charge is 2.16. The molecule has 0 aliphatic rings. The number of esters is 2. The molecule has 0 aromatic heterocycles. The predicted molar refractivity (Wildman–Crippen MR) is 103 cm³/mol. The second-order valence-corrected chi connectivity index (χ2v) is 6.02. The van der Waals surface area contributed by atoms with Gasteiger partial charge in [0.15, 0.2) is 0 Å². The Labute approximate surface area is 165 Å². The van der Waals surface area contributed by atoms with Crippen molar-refractivity contribution in [2.45, 2.75) is 0 Å². The van der Waals surface area contributed by atoms with Crippen LogP contribution in [0.5, 0.6) is 0 Å². The average molecular weight is 408 g/mol. The summed E-state index contributed by atoms with van der Waals surface area (Å²) in [6.07, 6.45) is 2.65. The van der Waals surface area contributed by atoms with E-state index in [2.05, 4.69) is 14.8 Å². The molecule has 0 atom stereocenters. The van der Waals surface area contributed by atoms with Crippen LogP contribution in [0, 0.1) is 0 Å². The molecule has 0 spiro atoms. The Kier molecular flexibility index (Phi) is 6.98. The topological polar surface area (TPSA) is 81.7 Å². The van der Waals surface area contributed by atoms with Crippen LogP contribution in [0.25, 0.3) is 6.08 Å². The first-order valence-electron chi connectivity index (χ1n) is 7.61. The molecular weight excluding hydrogens is 393 g/mol. The number of carbonyl (C=O) groups is 3. The lowest BCUT2D eigenvalue weighted by atomic mass is 10.1. The molecule has 8 heteroatoms. The molecule has 1 N–H and O–H groups in total. The van der Waals surface area contributed by atoms with Gasteiger partial charge in [0.2, 0.25) is 5.91 Å². The van der Waals surface area contributed by atoms with Crippen molar-refractivity contribution in [3.8, 4) is 0 Å². The molecule has 0 saturated heterocycles. The predicted octanol–water partition coefficient (Wildman–Crippen LogP) is 4.22. The maximum atomic E-state index is 12.3. The van der Waals surface area contributed by atoms with Crippen LogP contribution in [-0.2, 0) is 14.3 Å². The van der Waals surface area contributed by atoms with Crippen molar-refractivity contribution in [1.82, 2.24) is 0 Å². The molecule has 0 aliphatic carbocycles. The minimum atomic E-state index is -0.667. The smallest absolute Gasteiger partial charge is 0.339 e. The van der Waals surface area contributed by atoms with Gasteiger partial charge in [0.1, 0.15) is 0 Å². The zero-order valence-corrected chi connectivity index (χ0v) is 15.9. The SMILES string of the molecule is COC(=O)c1ccc(C(=O)OC)c(NC(=O)/C=C\c2c(Cl)cccc2Cl)c1. The van der Waals surface area contributed by atoms with Gasteiger partial charge < -0.3 is 14.8 Å². The number of carbonyl (C=O) groups excluding carboxylic acids is 3. The Balaban J connectivity index is 2.31. The molecule has 1 amide bonds.